The Kier molecular flexibility index (Phi) is 5.62. The zero-order valence-electron chi connectivity index (χ0n) is 17.0. The van der Waals surface area contributed by atoms with Crippen LogP contribution in [0, 0.1) is 0 Å². The number of hydrogen-bond donors (Lipinski definition) is 0. The van der Waals surface area contributed by atoms with E-state index in [2.05, 4.69) is 6.07 Å². The highest BCUT2D eigenvalue weighted by atomic mass is 16.5. The van der Waals surface area contributed by atoms with Crippen LogP contribution in [0.25, 0.3) is 0 Å². The van der Waals surface area contributed by atoms with Crippen LogP contribution >= 0.6 is 0 Å². The number of fused-ring (bicyclic) bond motifs is 2. The smallest absolute Gasteiger partial charge is 0.260 e. The Hall–Kier alpha value is -2.73. The number of benzene rings is 2. The van der Waals surface area contributed by atoms with Crippen LogP contribution < -0.4 is 14.2 Å². The van der Waals surface area contributed by atoms with Gasteiger partial charge < -0.3 is 23.8 Å². The van der Waals surface area contributed by atoms with Crippen LogP contribution in [0.15, 0.2) is 42.5 Å². The van der Waals surface area contributed by atoms with Crippen molar-refractivity contribution in [2.75, 3.05) is 40.6 Å². The topological polar surface area (TPSA) is 57.2 Å². The standard InChI is InChI=1S/C23H27NO5/c1-26-20-12-17-14-24(22(25)15-29-18-6-4-3-5-7-18)16-23(8-10-28-11-9-23)19(17)13-21(20)27-2/h3-7,12-13H,8-11,14-16H2,1-2H3. The lowest BCUT2D eigenvalue weighted by molar-refractivity contribution is -0.136. The van der Waals surface area contributed by atoms with E-state index in [1.807, 2.05) is 41.3 Å². The average molecular weight is 397 g/mol. The summed E-state index contributed by atoms with van der Waals surface area (Å²) in [4.78, 5) is 14.9. The van der Waals surface area contributed by atoms with Gasteiger partial charge in [0, 0.05) is 31.7 Å². The zero-order chi connectivity index (χ0) is 20.3. The summed E-state index contributed by atoms with van der Waals surface area (Å²) in [6.45, 7) is 2.61. The van der Waals surface area contributed by atoms with Gasteiger partial charge in [-0.15, -0.1) is 0 Å². The van der Waals surface area contributed by atoms with E-state index in [0.717, 1.165) is 24.2 Å². The Labute approximate surface area is 171 Å². The lowest BCUT2D eigenvalue weighted by Crippen LogP contribution is -2.51. The molecule has 6 nitrogen and oxygen atoms in total. The molecule has 0 radical (unpaired) electrons. The second-order valence-electron chi connectivity index (χ2n) is 7.61. The molecule has 0 aliphatic carbocycles. The Bertz CT molecular complexity index is 861. The van der Waals surface area contributed by atoms with Gasteiger partial charge in [-0.25, -0.2) is 0 Å². The molecule has 2 aliphatic rings. The molecule has 1 spiro atoms. The Balaban J connectivity index is 1.61. The maximum atomic E-state index is 13.0. The Morgan fingerprint density at radius 1 is 1.07 bits per heavy atom. The van der Waals surface area contributed by atoms with Crippen molar-refractivity contribution >= 4 is 5.91 Å². The van der Waals surface area contributed by atoms with Crippen LogP contribution in [0.5, 0.6) is 17.2 Å². The van der Waals surface area contributed by atoms with Crippen molar-refractivity contribution < 1.29 is 23.7 Å². The Morgan fingerprint density at radius 3 is 2.45 bits per heavy atom. The third kappa shape index (κ3) is 3.90. The van der Waals surface area contributed by atoms with Gasteiger partial charge in [-0.1, -0.05) is 18.2 Å². The summed E-state index contributed by atoms with van der Waals surface area (Å²) in [5, 5.41) is 0. The van der Waals surface area contributed by atoms with Crippen LogP contribution in [0.1, 0.15) is 24.0 Å². The molecule has 154 valence electrons. The van der Waals surface area contributed by atoms with Crippen molar-refractivity contribution in [3.05, 3.63) is 53.6 Å². The maximum Gasteiger partial charge on any atom is 0.260 e. The fraction of sp³-hybridized carbons (Fsp3) is 0.435. The van der Waals surface area contributed by atoms with Crippen molar-refractivity contribution in [1.82, 2.24) is 4.90 Å². The van der Waals surface area contributed by atoms with Gasteiger partial charge in [0.1, 0.15) is 5.75 Å². The fourth-order valence-electron chi connectivity index (χ4n) is 4.38. The predicted octanol–water partition coefficient (Wildman–Crippen LogP) is 3.17. The minimum Gasteiger partial charge on any atom is -0.493 e. The molecule has 6 heteroatoms. The third-order valence-electron chi connectivity index (χ3n) is 5.94. The van der Waals surface area contributed by atoms with Crippen molar-refractivity contribution in [1.29, 1.82) is 0 Å². The van der Waals surface area contributed by atoms with E-state index in [4.69, 9.17) is 18.9 Å². The van der Waals surface area contributed by atoms with Gasteiger partial charge in [0.25, 0.3) is 5.91 Å². The van der Waals surface area contributed by atoms with Crippen LogP contribution in [0.4, 0.5) is 0 Å². The molecule has 2 heterocycles. The fourth-order valence-corrected chi connectivity index (χ4v) is 4.38. The number of amides is 1. The molecule has 0 aromatic heterocycles. The van der Waals surface area contributed by atoms with Gasteiger partial charge in [0.15, 0.2) is 18.1 Å². The van der Waals surface area contributed by atoms with Gasteiger partial charge in [0.05, 0.1) is 14.2 Å². The van der Waals surface area contributed by atoms with Crippen molar-refractivity contribution in [3.63, 3.8) is 0 Å². The minimum atomic E-state index is -0.131. The highest BCUT2D eigenvalue weighted by Gasteiger charge is 2.43. The molecule has 4 rings (SSSR count). The summed E-state index contributed by atoms with van der Waals surface area (Å²) < 4.78 is 22.4. The van der Waals surface area contributed by atoms with E-state index in [0.29, 0.717) is 37.8 Å². The molecular weight excluding hydrogens is 370 g/mol. The molecule has 2 aromatic rings. The summed E-state index contributed by atoms with van der Waals surface area (Å²) >= 11 is 0. The molecule has 2 aliphatic heterocycles. The molecule has 1 saturated heterocycles. The average Bonchev–Trinajstić information content (AvgIpc) is 2.77. The molecule has 2 aromatic carbocycles. The summed E-state index contributed by atoms with van der Waals surface area (Å²) in [5.41, 5.74) is 2.21. The highest BCUT2D eigenvalue weighted by Crippen LogP contribution is 2.45. The first-order valence-electron chi connectivity index (χ1n) is 9.94. The van der Waals surface area contributed by atoms with Crippen LogP contribution in [-0.2, 0) is 21.5 Å². The van der Waals surface area contributed by atoms with E-state index >= 15 is 0 Å². The third-order valence-corrected chi connectivity index (χ3v) is 5.94. The number of rotatable bonds is 5. The summed E-state index contributed by atoms with van der Waals surface area (Å²) in [5.74, 6) is 2.10. The van der Waals surface area contributed by atoms with Gasteiger partial charge in [-0.05, 0) is 48.2 Å². The minimum absolute atomic E-state index is 0.0137. The van der Waals surface area contributed by atoms with E-state index in [1.165, 1.54) is 5.56 Å². The normalized spacial score (nSPS) is 17.5. The number of nitrogens with zero attached hydrogens (tertiary/aromatic N) is 1. The second kappa shape index (κ2) is 8.33. The van der Waals surface area contributed by atoms with Crippen LogP contribution in [0.3, 0.4) is 0 Å². The quantitative estimate of drug-likeness (QED) is 0.776. The summed E-state index contributed by atoms with van der Waals surface area (Å²) in [6.07, 6.45) is 1.75. The van der Waals surface area contributed by atoms with Gasteiger partial charge in [0.2, 0.25) is 0 Å². The first-order chi connectivity index (χ1) is 14.1. The molecule has 1 fully saturated rings. The molecule has 0 atom stereocenters. The SMILES string of the molecule is COc1cc2c(cc1OC)C1(CCOCC1)CN(C(=O)COc1ccccc1)C2. The molecule has 0 saturated carbocycles. The summed E-state index contributed by atoms with van der Waals surface area (Å²) in [6, 6.07) is 13.5. The largest absolute Gasteiger partial charge is 0.493 e. The number of hydrogen-bond acceptors (Lipinski definition) is 5. The van der Waals surface area contributed by atoms with Crippen molar-refractivity contribution in [3.8, 4) is 17.2 Å². The predicted molar refractivity (Wildman–Crippen MR) is 109 cm³/mol. The molecule has 0 bridgehead atoms. The number of methoxy groups -OCH3 is 2. The summed E-state index contributed by atoms with van der Waals surface area (Å²) in [7, 11) is 3.29. The second-order valence-corrected chi connectivity index (χ2v) is 7.61. The van der Waals surface area contributed by atoms with Gasteiger partial charge in [-0.3, -0.25) is 4.79 Å². The lowest BCUT2D eigenvalue weighted by atomic mass is 9.70. The van der Waals surface area contributed by atoms with E-state index in [9.17, 15) is 4.79 Å². The van der Waals surface area contributed by atoms with Crippen LogP contribution in [-0.4, -0.2) is 51.4 Å². The first-order valence-corrected chi connectivity index (χ1v) is 9.94. The van der Waals surface area contributed by atoms with E-state index < -0.39 is 0 Å². The molecule has 0 N–H and O–H groups in total. The zero-order valence-corrected chi connectivity index (χ0v) is 17.0. The van der Waals surface area contributed by atoms with Gasteiger partial charge >= 0.3 is 0 Å². The number of para-hydroxylation sites is 1. The van der Waals surface area contributed by atoms with Gasteiger partial charge in [-0.2, -0.15) is 0 Å². The van der Waals surface area contributed by atoms with E-state index in [1.54, 1.807) is 14.2 Å². The molecule has 29 heavy (non-hydrogen) atoms. The van der Waals surface area contributed by atoms with Crippen LogP contribution in [0.2, 0.25) is 0 Å². The van der Waals surface area contributed by atoms with Crippen molar-refractivity contribution in [2.24, 2.45) is 0 Å². The Morgan fingerprint density at radius 2 is 1.76 bits per heavy atom. The number of carbonyl (C=O) groups is 1. The van der Waals surface area contributed by atoms with Crippen molar-refractivity contribution in [2.45, 2.75) is 24.8 Å². The first kappa shape index (κ1) is 19.6. The molecular formula is C23H27NO5. The monoisotopic (exact) mass is 397 g/mol. The molecule has 0 unspecified atom stereocenters. The number of ether oxygens (including phenoxy) is 4. The maximum absolute atomic E-state index is 13.0. The number of carbonyl (C=O) groups excluding carboxylic acids is 1. The molecule has 1 amide bonds. The lowest BCUT2D eigenvalue weighted by Gasteiger charge is -2.46. The highest BCUT2D eigenvalue weighted by molar-refractivity contribution is 5.78. The van der Waals surface area contributed by atoms with E-state index in [-0.39, 0.29) is 17.9 Å².